The summed E-state index contributed by atoms with van der Waals surface area (Å²) in [5.74, 6) is -0.209. The molecule has 4 aromatic rings. The third-order valence-electron chi connectivity index (χ3n) is 6.39. The van der Waals surface area contributed by atoms with Gasteiger partial charge in [0.25, 0.3) is 0 Å². The van der Waals surface area contributed by atoms with E-state index >= 15 is 0 Å². The van der Waals surface area contributed by atoms with Crippen LogP contribution in [0.5, 0.6) is 0 Å². The fourth-order valence-electron chi connectivity index (χ4n) is 4.66. The maximum atomic E-state index is 13.6. The van der Waals surface area contributed by atoms with Crippen molar-refractivity contribution in [1.29, 1.82) is 0 Å². The zero-order valence-corrected chi connectivity index (χ0v) is 21.8. The highest BCUT2D eigenvalue weighted by Crippen LogP contribution is 2.29. The van der Waals surface area contributed by atoms with Gasteiger partial charge in [0.15, 0.2) is 5.78 Å². The van der Waals surface area contributed by atoms with Crippen molar-refractivity contribution in [3.63, 3.8) is 0 Å². The summed E-state index contributed by atoms with van der Waals surface area (Å²) < 4.78 is 0. The van der Waals surface area contributed by atoms with Gasteiger partial charge in [0.2, 0.25) is 5.91 Å². The van der Waals surface area contributed by atoms with E-state index in [0.29, 0.717) is 31.6 Å². The number of carbonyl (C=O) groups excluding carboxylic acids is 2. The van der Waals surface area contributed by atoms with Crippen LogP contribution in [0.4, 0.5) is 0 Å². The van der Waals surface area contributed by atoms with E-state index in [2.05, 4.69) is 46.6 Å². The van der Waals surface area contributed by atoms with E-state index in [-0.39, 0.29) is 17.7 Å². The lowest BCUT2D eigenvalue weighted by Crippen LogP contribution is -2.30. The second-order valence-electron chi connectivity index (χ2n) is 9.49. The van der Waals surface area contributed by atoms with Gasteiger partial charge < -0.3 is 5.32 Å². The number of allylic oxidation sites excluding steroid dienone is 2. The van der Waals surface area contributed by atoms with E-state index in [9.17, 15) is 9.59 Å². The van der Waals surface area contributed by atoms with Crippen LogP contribution in [0.2, 0.25) is 0 Å². The van der Waals surface area contributed by atoms with Crippen LogP contribution in [0.3, 0.4) is 0 Å². The lowest BCUT2D eigenvalue weighted by Gasteiger charge is -2.32. The summed E-state index contributed by atoms with van der Waals surface area (Å²) in [5, 5.41) is 2.87. The Hall–Kier alpha value is -4.28. The van der Waals surface area contributed by atoms with E-state index in [4.69, 9.17) is 0 Å². The Balaban J connectivity index is 1.65. The molecule has 0 bridgehead atoms. The van der Waals surface area contributed by atoms with Crippen LogP contribution in [-0.4, -0.2) is 16.6 Å². The Morgan fingerprint density at radius 3 is 1.61 bits per heavy atom. The molecule has 1 amide bonds. The van der Waals surface area contributed by atoms with Crippen molar-refractivity contribution < 1.29 is 9.59 Å². The van der Waals surface area contributed by atoms with Crippen molar-refractivity contribution >= 4 is 11.7 Å². The molecule has 38 heavy (non-hydrogen) atoms. The van der Waals surface area contributed by atoms with Gasteiger partial charge in [-0.3, -0.25) is 14.5 Å². The van der Waals surface area contributed by atoms with Crippen LogP contribution in [0.15, 0.2) is 133 Å². The van der Waals surface area contributed by atoms with Crippen molar-refractivity contribution in [2.45, 2.75) is 38.9 Å². The first-order valence-corrected chi connectivity index (χ1v) is 13.0. The number of ketones is 1. The van der Waals surface area contributed by atoms with Gasteiger partial charge >= 0.3 is 0 Å². The van der Waals surface area contributed by atoms with Gasteiger partial charge in [0, 0.05) is 50.7 Å². The molecule has 0 radical (unpaired) electrons. The summed E-state index contributed by atoms with van der Waals surface area (Å²) in [6.07, 6.45) is 2.38. The lowest BCUT2D eigenvalue weighted by atomic mass is 9.97. The predicted octanol–water partition coefficient (Wildman–Crippen LogP) is 6.65. The second-order valence-corrected chi connectivity index (χ2v) is 9.49. The molecular weight excluding hydrogens is 468 g/mol. The van der Waals surface area contributed by atoms with Crippen molar-refractivity contribution in [3.8, 4) is 0 Å². The molecule has 1 N–H and O–H groups in total. The third-order valence-corrected chi connectivity index (χ3v) is 6.39. The molecule has 0 spiro atoms. The highest BCUT2D eigenvalue weighted by atomic mass is 16.1. The number of amides is 1. The van der Waals surface area contributed by atoms with Crippen molar-refractivity contribution in [1.82, 2.24) is 10.2 Å². The molecule has 4 nitrogen and oxygen atoms in total. The minimum atomic E-state index is -0.186. The van der Waals surface area contributed by atoms with E-state index < -0.39 is 0 Å². The SMILES string of the molecule is CC(=O)N/C(=C\C(=O)CC(c1ccccc1)N(Cc1ccccc1)Cc1ccccc1)Cc1ccccc1. The van der Waals surface area contributed by atoms with Crippen LogP contribution in [0, 0.1) is 0 Å². The van der Waals surface area contributed by atoms with Gasteiger partial charge in [-0.25, -0.2) is 0 Å². The van der Waals surface area contributed by atoms with E-state index in [1.807, 2.05) is 84.9 Å². The quantitative estimate of drug-likeness (QED) is 0.221. The zero-order valence-electron chi connectivity index (χ0n) is 21.8. The Kier molecular flexibility index (Phi) is 9.77. The fourth-order valence-corrected chi connectivity index (χ4v) is 4.66. The molecule has 0 aliphatic carbocycles. The van der Waals surface area contributed by atoms with Crippen LogP contribution in [-0.2, 0) is 29.1 Å². The number of rotatable bonds is 12. The molecule has 0 fully saturated rings. The molecule has 192 valence electrons. The van der Waals surface area contributed by atoms with Crippen molar-refractivity contribution in [3.05, 3.63) is 155 Å². The average Bonchev–Trinajstić information content (AvgIpc) is 2.93. The lowest BCUT2D eigenvalue weighted by molar-refractivity contribution is -0.118. The Morgan fingerprint density at radius 1 is 0.684 bits per heavy atom. The van der Waals surface area contributed by atoms with Crippen LogP contribution >= 0.6 is 0 Å². The highest BCUT2D eigenvalue weighted by molar-refractivity contribution is 5.91. The van der Waals surface area contributed by atoms with Crippen LogP contribution in [0.1, 0.15) is 41.6 Å². The summed E-state index contributed by atoms with van der Waals surface area (Å²) in [5.41, 5.74) is 5.11. The largest absolute Gasteiger partial charge is 0.330 e. The Labute approximate surface area is 225 Å². The molecule has 0 heterocycles. The molecule has 0 aliphatic heterocycles. The molecule has 1 atom stereocenters. The normalized spacial score (nSPS) is 12.2. The van der Waals surface area contributed by atoms with Crippen molar-refractivity contribution in [2.75, 3.05) is 0 Å². The van der Waals surface area contributed by atoms with Gasteiger partial charge in [0.05, 0.1) is 0 Å². The van der Waals surface area contributed by atoms with Crippen molar-refractivity contribution in [2.24, 2.45) is 0 Å². The van der Waals surface area contributed by atoms with Gasteiger partial charge in [-0.1, -0.05) is 121 Å². The van der Waals surface area contributed by atoms with Gasteiger partial charge in [-0.15, -0.1) is 0 Å². The minimum absolute atomic E-state index is 0.0235. The zero-order chi connectivity index (χ0) is 26.6. The molecule has 0 aromatic heterocycles. The summed E-state index contributed by atoms with van der Waals surface area (Å²) in [6.45, 7) is 2.88. The molecule has 4 rings (SSSR count). The standard InChI is InChI=1S/C34H34N2O2/c1-27(37)35-32(22-28-14-6-2-7-15-28)23-33(38)24-34(31-20-12-5-13-21-31)36(25-29-16-8-3-9-17-29)26-30-18-10-4-11-19-30/h2-21,23,34H,22,24-26H2,1H3,(H,35,37)/b32-23-. The Bertz CT molecular complexity index is 1280. The van der Waals surface area contributed by atoms with Gasteiger partial charge in [-0.2, -0.15) is 0 Å². The third kappa shape index (κ3) is 8.39. The fraction of sp³-hybridized carbons (Fsp3) is 0.176. The second kappa shape index (κ2) is 13.9. The number of nitrogens with zero attached hydrogens (tertiary/aromatic N) is 1. The molecule has 0 saturated heterocycles. The predicted molar refractivity (Wildman–Crippen MR) is 153 cm³/mol. The minimum Gasteiger partial charge on any atom is -0.330 e. The first-order valence-electron chi connectivity index (χ1n) is 13.0. The summed E-state index contributed by atoms with van der Waals surface area (Å²) in [6, 6.07) is 40.6. The monoisotopic (exact) mass is 502 g/mol. The first-order chi connectivity index (χ1) is 18.6. The number of nitrogens with one attached hydrogen (secondary N) is 1. The molecular formula is C34H34N2O2. The number of carbonyl (C=O) groups is 2. The smallest absolute Gasteiger partial charge is 0.221 e. The topological polar surface area (TPSA) is 49.4 Å². The number of hydrogen-bond donors (Lipinski definition) is 1. The van der Waals surface area contributed by atoms with E-state index in [0.717, 1.165) is 11.1 Å². The molecule has 1 unspecified atom stereocenters. The molecule has 4 aromatic carbocycles. The summed E-state index contributed by atoms with van der Waals surface area (Å²) in [7, 11) is 0. The molecule has 0 saturated carbocycles. The summed E-state index contributed by atoms with van der Waals surface area (Å²) in [4.78, 5) is 27.8. The maximum absolute atomic E-state index is 13.6. The first kappa shape index (κ1) is 26.8. The molecule has 4 heteroatoms. The maximum Gasteiger partial charge on any atom is 0.221 e. The van der Waals surface area contributed by atoms with Gasteiger partial charge in [-0.05, 0) is 22.3 Å². The van der Waals surface area contributed by atoms with E-state index in [1.54, 1.807) is 6.08 Å². The highest BCUT2D eigenvalue weighted by Gasteiger charge is 2.24. The number of hydrogen-bond acceptors (Lipinski definition) is 3. The van der Waals surface area contributed by atoms with Gasteiger partial charge in [0.1, 0.15) is 0 Å². The molecule has 0 aliphatic rings. The average molecular weight is 503 g/mol. The number of benzene rings is 4. The summed E-state index contributed by atoms with van der Waals surface area (Å²) >= 11 is 0. The van der Waals surface area contributed by atoms with Crippen LogP contribution in [0.25, 0.3) is 0 Å². The van der Waals surface area contributed by atoms with Crippen LogP contribution < -0.4 is 5.32 Å². The Morgan fingerprint density at radius 2 is 1.13 bits per heavy atom. The van der Waals surface area contributed by atoms with E-state index in [1.165, 1.54) is 18.1 Å².